The summed E-state index contributed by atoms with van der Waals surface area (Å²) >= 11 is 0. The maximum absolute atomic E-state index is 10.6. The summed E-state index contributed by atoms with van der Waals surface area (Å²) in [6.45, 7) is 3.17. The second-order valence-corrected chi connectivity index (χ2v) is 6.86. The first kappa shape index (κ1) is 24.1. The minimum Gasteiger partial charge on any atom is -0.478 e. The molecule has 8 nitrogen and oxygen atoms in total. The Morgan fingerprint density at radius 2 is 1.37 bits per heavy atom. The number of benzene rings is 2. The van der Waals surface area contributed by atoms with E-state index in [1.165, 1.54) is 25.1 Å². The van der Waals surface area contributed by atoms with Gasteiger partial charge in [0.15, 0.2) is 0 Å². The Balaban J connectivity index is 0.000000410. The summed E-state index contributed by atoms with van der Waals surface area (Å²) in [5, 5.41) is 17.4. The predicted molar refractivity (Wildman–Crippen MR) is 103 cm³/mol. The molecule has 0 aliphatic rings. The van der Waals surface area contributed by atoms with Gasteiger partial charge in [-0.15, -0.1) is 0 Å². The molecule has 2 rings (SSSR count). The first-order chi connectivity index (χ1) is 12.5. The first-order valence-electron chi connectivity index (χ1n) is 7.81. The van der Waals surface area contributed by atoms with Crippen molar-refractivity contribution in [1.82, 2.24) is 0 Å². The number of aromatic carboxylic acids is 2. The van der Waals surface area contributed by atoms with Crippen molar-refractivity contribution in [3.05, 3.63) is 65.2 Å². The van der Waals surface area contributed by atoms with Gasteiger partial charge in [-0.1, -0.05) is 31.2 Å². The highest BCUT2D eigenvalue weighted by Gasteiger charge is 2.13. The monoisotopic (exact) mass is 397 g/mol. The summed E-state index contributed by atoms with van der Waals surface area (Å²) < 4.78 is 27.6. The number of nitrogens with two attached hydrogens (primary N) is 1. The zero-order valence-corrected chi connectivity index (χ0v) is 15.8. The van der Waals surface area contributed by atoms with E-state index < -0.39 is 22.1 Å². The van der Waals surface area contributed by atoms with Gasteiger partial charge >= 0.3 is 11.9 Å². The number of hydrogen-bond donors (Lipinski definition) is 4. The summed E-state index contributed by atoms with van der Waals surface area (Å²) in [5.41, 5.74) is 6.52. The SMILES string of the molecule is CCCS(=O)(=O)O.Cc1c(C(=O)O)cccc1C(=O)O.Nc1ccccc1. The molecule has 0 unspecified atom stereocenters. The summed E-state index contributed by atoms with van der Waals surface area (Å²) in [6.07, 6.45) is 0.471. The molecule has 5 N–H and O–H groups in total. The maximum atomic E-state index is 10.6. The molecule has 0 heterocycles. The number of rotatable bonds is 4. The lowest BCUT2D eigenvalue weighted by Crippen LogP contribution is -2.06. The number of nitrogen functional groups attached to an aromatic ring is 1. The first-order valence-corrected chi connectivity index (χ1v) is 9.42. The third kappa shape index (κ3) is 10.6. The van der Waals surface area contributed by atoms with Crippen molar-refractivity contribution < 1.29 is 32.8 Å². The summed E-state index contributed by atoms with van der Waals surface area (Å²) in [5.74, 6) is -2.35. The normalized spacial score (nSPS) is 9.89. The van der Waals surface area contributed by atoms with Crippen LogP contribution in [0.4, 0.5) is 5.69 Å². The van der Waals surface area contributed by atoms with E-state index in [0.29, 0.717) is 6.42 Å². The van der Waals surface area contributed by atoms with E-state index in [0.717, 1.165) is 5.69 Å². The molecule has 0 saturated carbocycles. The van der Waals surface area contributed by atoms with Crippen molar-refractivity contribution in [1.29, 1.82) is 0 Å². The molecule has 9 heteroatoms. The van der Waals surface area contributed by atoms with Crippen LogP contribution >= 0.6 is 0 Å². The van der Waals surface area contributed by atoms with Gasteiger partial charge in [0.1, 0.15) is 0 Å². The fourth-order valence-corrected chi connectivity index (χ4v) is 2.33. The zero-order valence-electron chi connectivity index (χ0n) is 15.0. The van der Waals surface area contributed by atoms with Gasteiger partial charge in [-0.2, -0.15) is 8.42 Å². The number of carbonyl (C=O) groups is 2. The smallest absolute Gasteiger partial charge is 0.335 e. The van der Waals surface area contributed by atoms with E-state index in [1.54, 1.807) is 6.92 Å². The Hall–Kier alpha value is -2.91. The minimum atomic E-state index is -3.67. The van der Waals surface area contributed by atoms with Crippen LogP contribution in [0.3, 0.4) is 0 Å². The standard InChI is InChI=1S/C9H8O4.C6H7N.C3H8O3S/c1-5-6(8(10)11)3-2-4-7(5)9(12)13;7-6-4-2-1-3-5-6;1-2-3-7(4,5)6/h2-4H,1H3,(H,10,11)(H,12,13);1-5H,7H2;2-3H2,1H3,(H,4,5,6). The molecular formula is C18H23NO7S. The van der Waals surface area contributed by atoms with Crippen molar-refractivity contribution in [3.8, 4) is 0 Å². The van der Waals surface area contributed by atoms with Crippen LogP contribution in [0.2, 0.25) is 0 Å². The molecule has 0 amide bonds. The number of anilines is 1. The molecule has 0 radical (unpaired) electrons. The lowest BCUT2D eigenvalue weighted by molar-refractivity contribution is 0.0696. The molecule has 0 atom stereocenters. The van der Waals surface area contributed by atoms with E-state index in [-0.39, 0.29) is 22.4 Å². The number of para-hydroxylation sites is 1. The fraction of sp³-hybridized carbons (Fsp3) is 0.222. The third-order valence-corrected chi connectivity index (χ3v) is 3.98. The largest absolute Gasteiger partial charge is 0.478 e. The van der Waals surface area contributed by atoms with Gasteiger partial charge in [0.2, 0.25) is 0 Å². The van der Waals surface area contributed by atoms with Crippen LogP contribution in [0.5, 0.6) is 0 Å². The molecule has 0 bridgehead atoms. The van der Waals surface area contributed by atoms with E-state index in [2.05, 4.69) is 0 Å². The van der Waals surface area contributed by atoms with Crippen LogP contribution in [0.25, 0.3) is 0 Å². The Morgan fingerprint density at radius 1 is 0.926 bits per heavy atom. The lowest BCUT2D eigenvalue weighted by atomic mass is 10.0. The Morgan fingerprint density at radius 3 is 1.59 bits per heavy atom. The third-order valence-electron chi connectivity index (χ3n) is 3.06. The van der Waals surface area contributed by atoms with Crippen LogP contribution in [0.15, 0.2) is 48.5 Å². The second-order valence-electron chi connectivity index (χ2n) is 5.29. The van der Waals surface area contributed by atoms with Crippen LogP contribution in [0, 0.1) is 6.92 Å². The Kier molecular flexibility index (Phi) is 10.4. The number of carboxylic acid groups (broad SMARTS) is 2. The van der Waals surface area contributed by atoms with Gasteiger partial charge in [0.25, 0.3) is 10.1 Å². The molecule has 2 aromatic carbocycles. The van der Waals surface area contributed by atoms with Crippen molar-refractivity contribution in [3.63, 3.8) is 0 Å². The van der Waals surface area contributed by atoms with Crippen molar-refractivity contribution in [2.75, 3.05) is 11.5 Å². The molecule has 0 aromatic heterocycles. The lowest BCUT2D eigenvalue weighted by Gasteiger charge is -2.03. The van der Waals surface area contributed by atoms with Crippen molar-refractivity contribution in [2.24, 2.45) is 0 Å². The van der Waals surface area contributed by atoms with Crippen molar-refractivity contribution >= 4 is 27.7 Å². The van der Waals surface area contributed by atoms with E-state index >= 15 is 0 Å². The van der Waals surface area contributed by atoms with Crippen LogP contribution in [0.1, 0.15) is 39.6 Å². The predicted octanol–water partition coefficient (Wildman–Crippen LogP) is 2.94. The number of carboxylic acids is 2. The Bertz CT molecular complexity index is 817. The molecule has 27 heavy (non-hydrogen) atoms. The van der Waals surface area contributed by atoms with Crippen LogP contribution < -0.4 is 5.73 Å². The van der Waals surface area contributed by atoms with Gasteiger partial charge in [-0.25, -0.2) is 9.59 Å². The molecular weight excluding hydrogens is 374 g/mol. The highest BCUT2D eigenvalue weighted by molar-refractivity contribution is 7.85. The molecule has 0 saturated heterocycles. The molecule has 0 aliphatic carbocycles. The van der Waals surface area contributed by atoms with E-state index in [4.69, 9.17) is 20.5 Å². The quantitative estimate of drug-likeness (QED) is 0.453. The van der Waals surface area contributed by atoms with Gasteiger partial charge in [-0.05, 0) is 43.2 Å². The molecule has 0 fully saturated rings. The molecule has 0 spiro atoms. The van der Waals surface area contributed by atoms with Crippen LogP contribution in [-0.4, -0.2) is 40.9 Å². The number of hydrogen-bond acceptors (Lipinski definition) is 5. The van der Waals surface area contributed by atoms with Gasteiger partial charge < -0.3 is 15.9 Å². The highest BCUT2D eigenvalue weighted by Crippen LogP contribution is 2.13. The van der Waals surface area contributed by atoms with E-state index in [1.807, 2.05) is 30.3 Å². The highest BCUT2D eigenvalue weighted by atomic mass is 32.2. The topological polar surface area (TPSA) is 155 Å². The van der Waals surface area contributed by atoms with Crippen LogP contribution in [-0.2, 0) is 10.1 Å². The van der Waals surface area contributed by atoms with Gasteiger partial charge in [0.05, 0.1) is 16.9 Å². The van der Waals surface area contributed by atoms with E-state index in [9.17, 15) is 18.0 Å². The zero-order chi connectivity index (χ0) is 21.0. The second kappa shape index (κ2) is 11.7. The van der Waals surface area contributed by atoms with Gasteiger partial charge in [-0.3, -0.25) is 4.55 Å². The fourth-order valence-electron chi connectivity index (χ4n) is 1.81. The summed E-state index contributed by atoms with van der Waals surface area (Å²) in [7, 11) is -3.67. The minimum absolute atomic E-state index is 0.0277. The average molecular weight is 397 g/mol. The molecule has 0 aliphatic heterocycles. The van der Waals surface area contributed by atoms with Crippen molar-refractivity contribution in [2.45, 2.75) is 20.3 Å². The maximum Gasteiger partial charge on any atom is 0.335 e. The molecule has 2 aromatic rings. The average Bonchev–Trinajstić information content (AvgIpc) is 2.55. The Labute approximate surface area is 158 Å². The summed E-state index contributed by atoms with van der Waals surface area (Å²) in [6, 6.07) is 13.7. The van der Waals surface area contributed by atoms with Gasteiger partial charge in [0, 0.05) is 5.69 Å². The molecule has 148 valence electrons. The summed E-state index contributed by atoms with van der Waals surface area (Å²) in [4.78, 5) is 21.2.